The molecule has 1 rings (SSSR count). The zero-order valence-corrected chi connectivity index (χ0v) is 31.8. The normalized spacial score (nSPS) is 15.3. The first-order valence-electron chi connectivity index (χ1n) is 19.3. The Bertz CT molecular complexity index is 911. The first-order chi connectivity index (χ1) is 24.1. The quantitative estimate of drug-likeness (QED) is 0.0309. The van der Waals surface area contributed by atoms with E-state index in [0.717, 1.165) is 38.5 Å². The molecule has 1 aliphatic heterocycles. The number of hydrogen-bond donors (Lipinski definition) is 0. The Kier molecular flexibility index (Phi) is 26.2. The maximum absolute atomic E-state index is 12.5. The van der Waals surface area contributed by atoms with Gasteiger partial charge in [0.15, 0.2) is 5.79 Å². The first-order valence-corrected chi connectivity index (χ1v) is 19.3. The second-order valence-corrected chi connectivity index (χ2v) is 13.9. The largest absolute Gasteiger partial charge is 0.466 e. The summed E-state index contributed by atoms with van der Waals surface area (Å²) in [6, 6.07) is 0. The van der Waals surface area contributed by atoms with E-state index in [0.29, 0.717) is 38.9 Å². The highest BCUT2D eigenvalue weighted by Crippen LogP contribution is 2.31. The van der Waals surface area contributed by atoms with Crippen molar-refractivity contribution in [3.8, 4) is 0 Å². The fraction of sp³-hybridized carbons (Fsp3) is 0.800. The second kappa shape index (κ2) is 28.9. The lowest BCUT2D eigenvalue weighted by molar-refractivity contribution is -0.296. The smallest absolute Gasteiger partial charge is 0.305 e. The molecule has 0 N–H and O–H groups in total. The highest BCUT2D eigenvalue weighted by molar-refractivity contribution is 5.71. The van der Waals surface area contributed by atoms with Gasteiger partial charge in [-0.2, -0.15) is 0 Å². The summed E-state index contributed by atoms with van der Waals surface area (Å²) in [7, 11) is 0. The molecular formula is C40H68O10. The van der Waals surface area contributed by atoms with E-state index in [1.165, 1.54) is 38.5 Å². The van der Waals surface area contributed by atoms with Crippen LogP contribution in [0, 0.1) is 5.41 Å². The lowest BCUT2D eigenvalue weighted by Crippen LogP contribution is -2.51. The summed E-state index contributed by atoms with van der Waals surface area (Å²) < 4.78 is 33.4. The summed E-state index contributed by atoms with van der Waals surface area (Å²) >= 11 is 0. The third-order valence-electron chi connectivity index (χ3n) is 8.39. The van der Waals surface area contributed by atoms with Crippen LogP contribution in [0.2, 0.25) is 0 Å². The monoisotopic (exact) mass is 708 g/mol. The van der Waals surface area contributed by atoms with Crippen LogP contribution in [0.3, 0.4) is 0 Å². The highest BCUT2D eigenvalue weighted by atomic mass is 16.7. The van der Waals surface area contributed by atoms with E-state index in [-0.39, 0.29) is 64.0 Å². The van der Waals surface area contributed by atoms with Crippen LogP contribution in [0.15, 0.2) is 24.3 Å². The van der Waals surface area contributed by atoms with Gasteiger partial charge in [-0.3, -0.25) is 19.2 Å². The van der Waals surface area contributed by atoms with E-state index in [9.17, 15) is 19.2 Å². The molecule has 0 atom stereocenters. The van der Waals surface area contributed by atoms with Gasteiger partial charge in [0.25, 0.3) is 0 Å². The lowest BCUT2D eigenvalue weighted by Gasteiger charge is -2.42. The Hall–Kier alpha value is -2.72. The maximum atomic E-state index is 12.5. The Morgan fingerprint density at radius 2 is 0.840 bits per heavy atom. The van der Waals surface area contributed by atoms with Crippen molar-refractivity contribution < 1.29 is 47.6 Å². The number of ether oxygens (including phenoxy) is 6. The molecule has 10 heteroatoms. The van der Waals surface area contributed by atoms with Crippen LogP contribution >= 0.6 is 0 Å². The third-order valence-corrected chi connectivity index (χ3v) is 8.39. The van der Waals surface area contributed by atoms with Crippen molar-refractivity contribution in [3.05, 3.63) is 24.3 Å². The second-order valence-electron chi connectivity index (χ2n) is 13.9. The van der Waals surface area contributed by atoms with Crippen LogP contribution in [-0.4, -0.2) is 69.3 Å². The minimum atomic E-state index is -0.830. The Labute approximate surface area is 302 Å². The van der Waals surface area contributed by atoms with Crippen molar-refractivity contribution in [2.75, 3.05) is 39.6 Å². The van der Waals surface area contributed by atoms with Gasteiger partial charge in [0, 0.05) is 25.7 Å². The van der Waals surface area contributed by atoms with Gasteiger partial charge >= 0.3 is 23.9 Å². The van der Waals surface area contributed by atoms with Crippen LogP contribution in [0.25, 0.3) is 0 Å². The molecule has 1 saturated heterocycles. The molecular weight excluding hydrogens is 640 g/mol. The topological polar surface area (TPSA) is 124 Å². The van der Waals surface area contributed by atoms with Gasteiger partial charge in [0.2, 0.25) is 0 Å². The van der Waals surface area contributed by atoms with Crippen LogP contribution in [0.4, 0.5) is 0 Å². The molecule has 1 aliphatic rings. The molecule has 0 aliphatic carbocycles. The van der Waals surface area contributed by atoms with E-state index in [1.54, 1.807) is 13.8 Å². The van der Waals surface area contributed by atoms with Crippen molar-refractivity contribution >= 4 is 23.9 Å². The van der Waals surface area contributed by atoms with E-state index < -0.39 is 23.1 Å². The van der Waals surface area contributed by atoms with Crippen molar-refractivity contribution in [1.29, 1.82) is 0 Å². The molecule has 0 aromatic carbocycles. The molecule has 0 radical (unpaired) electrons. The van der Waals surface area contributed by atoms with Gasteiger partial charge in [-0.15, -0.1) is 0 Å². The van der Waals surface area contributed by atoms with Gasteiger partial charge in [-0.25, -0.2) is 0 Å². The molecule has 1 fully saturated rings. The molecule has 10 nitrogen and oxygen atoms in total. The molecule has 288 valence electrons. The number of unbranched alkanes of at least 4 members (excludes halogenated alkanes) is 10. The Morgan fingerprint density at radius 1 is 0.500 bits per heavy atom. The van der Waals surface area contributed by atoms with Crippen molar-refractivity contribution in [2.24, 2.45) is 5.41 Å². The van der Waals surface area contributed by atoms with Crippen LogP contribution in [0.1, 0.15) is 156 Å². The SMILES string of the molecule is CCCCC/C=C\CCCOC(=O)CCCCC(=O)OCC1(COC(=O)CCCCC(=O)OCCC/C=C\CCCCC)COC(C)(C)OC1. The average molecular weight is 709 g/mol. The Balaban J connectivity index is 2.25. The zero-order valence-electron chi connectivity index (χ0n) is 31.8. The maximum Gasteiger partial charge on any atom is 0.305 e. The lowest BCUT2D eigenvalue weighted by atomic mass is 9.91. The molecule has 1 heterocycles. The standard InChI is InChI=1S/C40H68O10/c1-5-7-9-11-13-15-17-23-29-45-35(41)25-19-21-27-37(43)47-31-40(33-49-39(3,4)50-34-40)32-48-38(44)28-22-20-26-36(42)46-30-24-18-16-14-12-10-8-6-2/h13-16H,5-12,17-34H2,1-4H3/b15-13-,16-14-. The molecule has 50 heavy (non-hydrogen) atoms. The highest BCUT2D eigenvalue weighted by Gasteiger charge is 2.42. The summed E-state index contributed by atoms with van der Waals surface area (Å²) in [6.07, 6.45) is 24.6. The third kappa shape index (κ3) is 25.3. The van der Waals surface area contributed by atoms with E-state index in [2.05, 4.69) is 38.2 Å². The minimum absolute atomic E-state index is 0.0230. The van der Waals surface area contributed by atoms with Crippen LogP contribution in [0.5, 0.6) is 0 Å². The molecule has 0 saturated carbocycles. The van der Waals surface area contributed by atoms with Gasteiger partial charge < -0.3 is 28.4 Å². The van der Waals surface area contributed by atoms with Crippen molar-refractivity contribution in [3.63, 3.8) is 0 Å². The molecule has 0 unspecified atom stereocenters. The number of hydrogen-bond acceptors (Lipinski definition) is 10. The first kappa shape index (κ1) is 45.3. The average Bonchev–Trinajstić information content (AvgIpc) is 3.09. The Morgan fingerprint density at radius 3 is 1.20 bits per heavy atom. The molecule has 0 aromatic rings. The van der Waals surface area contributed by atoms with Gasteiger partial charge in [-0.05, 0) is 90.9 Å². The number of esters is 4. The molecule has 0 aromatic heterocycles. The predicted octanol–water partition coefficient (Wildman–Crippen LogP) is 8.88. The summed E-state index contributed by atoms with van der Waals surface area (Å²) in [6.45, 7) is 9.13. The van der Waals surface area contributed by atoms with Crippen LogP contribution in [-0.2, 0) is 47.6 Å². The summed E-state index contributed by atoms with van der Waals surface area (Å²) in [5.74, 6) is -2.10. The molecule has 0 spiro atoms. The number of allylic oxidation sites excluding steroid dienone is 4. The van der Waals surface area contributed by atoms with Crippen molar-refractivity contribution in [1.82, 2.24) is 0 Å². The van der Waals surface area contributed by atoms with E-state index >= 15 is 0 Å². The minimum Gasteiger partial charge on any atom is -0.466 e. The summed E-state index contributed by atoms with van der Waals surface area (Å²) in [5, 5.41) is 0. The number of rotatable bonds is 30. The fourth-order valence-electron chi connectivity index (χ4n) is 5.05. The summed E-state index contributed by atoms with van der Waals surface area (Å²) in [4.78, 5) is 49.0. The van der Waals surface area contributed by atoms with Gasteiger partial charge in [-0.1, -0.05) is 63.8 Å². The predicted molar refractivity (Wildman–Crippen MR) is 194 cm³/mol. The molecule has 0 bridgehead atoms. The van der Waals surface area contributed by atoms with Gasteiger partial charge in [0.05, 0.1) is 31.8 Å². The fourth-order valence-corrected chi connectivity index (χ4v) is 5.05. The number of carbonyl (C=O) groups excluding carboxylic acids is 4. The van der Waals surface area contributed by atoms with Crippen molar-refractivity contribution in [2.45, 2.75) is 162 Å². The number of carbonyl (C=O) groups is 4. The summed E-state index contributed by atoms with van der Waals surface area (Å²) in [5.41, 5.74) is -0.830. The molecule has 0 amide bonds. The van der Waals surface area contributed by atoms with E-state index in [1.807, 2.05) is 0 Å². The zero-order chi connectivity index (χ0) is 36.8. The van der Waals surface area contributed by atoms with E-state index in [4.69, 9.17) is 28.4 Å². The van der Waals surface area contributed by atoms with Crippen LogP contribution < -0.4 is 0 Å². The van der Waals surface area contributed by atoms with Gasteiger partial charge in [0.1, 0.15) is 13.2 Å².